The van der Waals surface area contributed by atoms with Gasteiger partial charge in [0.25, 0.3) is 5.91 Å². The first-order valence-electron chi connectivity index (χ1n) is 8.94. The van der Waals surface area contributed by atoms with Gasteiger partial charge in [-0.3, -0.25) is 10.2 Å². The van der Waals surface area contributed by atoms with Gasteiger partial charge in [0.1, 0.15) is 0 Å². The summed E-state index contributed by atoms with van der Waals surface area (Å²) in [5, 5.41) is 8.70. The van der Waals surface area contributed by atoms with Crippen LogP contribution < -0.4 is 10.7 Å². The van der Waals surface area contributed by atoms with E-state index < -0.39 is 0 Å². The van der Waals surface area contributed by atoms with Crippen LogP contribution in [0.1, 0.15) is 15.9 Å². The number of aliphatic imine (C=N–C) groups is 1. The van der Waals surface area contributed by atoms with Gasteiger partial charge in [0.2, 0.25) is 0 Å². The number of rotatable bonds is 4. The van der Waals surface area contributed by atoms with Crippen molar-refractivity contribution in [2.24, 2.45) is 10.1 Å². The lowest BCUT2D eigenvalue weighted by atomic mass is 10.1. The number of nitrogens with zero attached hydrogens (tertiary/aromatic N) is 2. The van der Waals surface area contributed by atoms with Crippen LogP contribution in [0, 0.1) is 0 Å². The van der Waals surface area contributed by atoms with Crippen molar-refractivity contribution < 1.29 is 4.79 Å². The number of carbonyl (C=O) groups excluding carboxylic acids is 1. The number of amides is 1. The van der Waals surface area contributed by atoms with Crippen molar-refractivity contribution >= 4 is 51.5 Å². The third-order valence-electron chi connectivity index (χ3n) is 4.18. The summed E-state index contributed by atoms with van der Waals surface area (Å²) in [6.45, 7) is 0. The number of hydrogen-bond acceptors (Lipinski definition) is 4. The van der Waals surface area contributed by atoms with E-state index in [0.29, 0.717) is 16.3 Å². The molecule has 3 aromatic carbocycles. The molecule has 1 aliphatic heterocycles. The normalized spacial score (nSPS) is 14.8. The molecule has 144 valence electrons. The highest BCUT2D eigenvalue weighted by Gasteiger charge is 2.13. The zero-order valence-corrected chi connectivity index (χ0v) is 16.9. The number of hydrazone groups is 1. The SMILES string of the molecule is O=C(Nc1ccc(C2=NNC(=Nc3cccc(Cl)c3)SC2)cc1)c1ccccc1. The maximum atomic E-state index is 12.2. The highest BCUT2D eigenvalue weighted by atomic mass is 35.5. The highest BCUT2D eigenvalue weighted by molar-refractivity contribution is 8.14. The van der Waals surface area contributed by atoms with Gasteiger partial charge in [-0.25, -0.2) is 4.99 Å². The van der Waals surface area contributed by atoms with Crippen molar-refractivity contribution in [1.82, 2.24) is 5.43 Å². The fraction of sp³-hybridized carbons (Fsp3) is 0.0455. The number of anilines is 1. The molecule has 5 nitrogen and oxygen atoms in total. The van der Waals surface area contributed by atoms with E-state index >= 15 is 0 Å². The van der Waals surface area contributed by atoms with E-state index in [4.69, 9.17) is 11.6 Å². The number of benzene rings is 3. The molecular weight excluding hydrogens is 404 g/mol. The van der Waals surface area contributed by atoms with E-state index in [0.717, 1.165) is 27.8 Å². The van der Waals surface area contributed by atoms with Gasteiger partial charge < -0.3 is 5.32 Å². The van der Waals surface area contributed by atoms with Crippen LogP contribution in [-0.2, 0) is 0 Å². The molecule has 0 atom stereocenters. The van der Waals surface area contributed by atoms with Crippen LogP contribution in [0.25, 0.3) is 0 Å². The Morgan fingerprint density at radius 2 is 1.83 bits per heavy atom. The smallest absolute Gasteiger partial charge is 0.255 e. The fourth-order valence-electron chi connectivity index (χ4n) is 2.72. The first kappa shape index (κ1) is 19.2. The molecule has 29 heavy (non-hydrogen) atoms. The summed E-state index contributed by atoms with van der Waals surface area (Å²) in [6, 6.07) is 24.1. The first-order valence-corrected chi connectivity index (χ1v) is 10.3. The minimum Gasteiger partial charge on any atom is -0.322 e. The maximum absolute atomic E-state index is 12.2. The third-order valence-corrected chi connectivity index (χ3v) is 5.29. The number of thioether (sulfide) groups is 1. The van der Waals surface area contributed by atoms with Crippen LogP contribution in [0.4, 0.5) is 11.4 Å². The number of nitrogens with one attached hydrogen (secondary N) is 2. The van der Waals surface area contributed by atoms with E-state index in [1.807, 2.05) is 60.7 Å². The quantitative estimate of drug-likeness (QED) is 0.600. The summed E-state index contributed by atoms with van der Waals surface area (Å²) < 4.78 is 0. The van der Waals surface area contributed by atoms with Crippen molar-refractivity contribution in [3.8, 4) is 0 Å². The molecule has 0 aliphatic carbocycles. The Kier molecular flexibility index (Phi) is 5.93. The summed E-state index contributed by atoms with van der Waals surface area (Å²) in [6.07, 6.45) is 0. The monoisotopic (exact) mass is 420 g/mol. The summed E-state index contributed by atoms with van der Waals surface area (Å²) in [5.41, 5.74) is 7.05. The Hall–Kier alpha value is -3.09. The van der Waals surface area contributed by atoms with Crippen LogP contribution in [0.5, 0.6) is 0 Å². The molecule has 7 heteroatoms. The van der Waals surface area contributed by atoms with Crippen molar-refractivity contribution in [2.45, 2.75) is 0 Å². The topological polar surface area (TPSA) is 65.8 Å². The summed E-state index contributed by atoms with van der Waals surface area (Å²) >= 11 is 7.57. The lowest BCUT2D eigenvalue weighted by Gasteiger charge is -2.15. The zero-order chi connectivity index (χ0) is 20.1. The van der Waals surface area contributed by atoms with Gasteiger partial charge in [-0.15, -0.1) is 0 Å². The maximum Gasteiger partial charge on any atom is 0.255 e. The van der Waals surface area contributed by atoms with Crippen molar-refractivity contribution in [3.63, 3.8) is 0 Å². The molecule has 0 fully saturated rings. The third kappa shape index (κ3) is 5.04. The van der Waals surface area contributed by atoms with E-state index in [1.54, 1.807) is 30.0 Å². The van der Waals surface area contributed by atoms with E-state index in [9.17, 15) is 4.79 Å². The van der Waals surface area contributed by atoms with E-state index in [2.05, 4.69) is 20.8 Å². The van der Waals surface area contributed by atoms with Gasteiger partial charge in [-0.05, 0) is 48.0 Å². The Morgan fingerprint density at radius 1 is 1.03 bits per heavy atom. The van der Waals surface area contributed by atoms with Gasteiger partial charge in [0.15, 0.2) is 5.17 Å². The molecule has 0 unspecified atom stereocenters. The molecule has 0 spiro atoms. The molecule has 1 aliphatic rings. The molecule has 0 radical (unpaired) electrons. The van der Waals surface area contributed by atoms with Crippen LogP contribution in [0.2, 0.25) is 5.02 Å². The molecule has 3 aromatic rings. The predicted molar refractivity (Wildman–Crippen MR) is 122 cm³/mol. The average Bonchev–Trinajstić information content (AvgIpc) is 2.76. The first-order chi connectivity index (χ1) is 14.2. The molecule has 2 N–H and O–H groups in total. The molecule has 0 saturated carbocycles. The number of hydrogen-bond donors (Lipinski definition) is 2. The average molecular weight is 421 g/mol. The fourth-order valence-corrected chi connectivity index (χ4v) is 3.69. The predicted octanol–water partition coefficient (Wildman–Crippen LogP) is 5.32. The second-order valence-electron chi connectivity index (χ2n) is 6.25. The Morgan fingerprint density at radius 3 is 2.52 bits per heavy atom. The van der Waals surface area contributed by atoms with Crippen molar-refractivity contribution in [3.05, 3.63) is 95.0 Å². The largest absolute Gasteiger partial charge is 0.322 e. The lowest BCUT2D eigenvalue weighted by molar-refractivity contribution is 0.102. The van der Waals surface area contributed by atoms with E-state index in [-0.39, 0.29) is 5.91 Å². The highest BCUT2D eigenvalue weighted by Crippen LogP contribution is 2.22. The van der Waals surface area contributed by atoms with Crippen LogP contribution in [0.15, 0.2) is 89.0 Å². The lowest BCUT2D eigenvalue weighted by Crippen LogP contribution is -2.25. The number of carbonyl (C=O) groups is 1. The van der Waals surface area contributed by atoms with E-state index in [1.165, 1.54) is 0 Å². The molecule has 1 heterocycles. The number of amidine groups is 1. The second-order valence-corrected chi connectivity index (χ2v) is 7.65. The molecule has 4 rings (SSSR count). The minimum absolute atomic E-state index is 0.132. The van der Waals surface area contributed by atoms with Gasteiger partial charge >= 0.3 is 0 Å². The molecule has 1 amide bonds. The van der Waals surface area contributed by atoms with Crippen LogP contribution in [-0.4, -0.2) is 22.5 Å². The summed E-state index contributed by atoms with van der Waals surface area (Å²) in [4.78, 5) is 16.8. The Labute approximate surface area is 177 Å². The molecule has 0 bridgehead atoms. The van der Waals surface area contributed by atoms with Gasteiger partial charge in [0.05, 0.1) is 11.4 Å². The van der Waals surface area contributed by atoms with Gasteiger partial charge in [0, 0.05) is 22.0 Å². The number of halogens is 1. The Bertz CT molecular complexity index is 1080. The molecule has 0 aromatic heterocycles. The van der Waals surface area contributed by atoms with Crippen LogP contribution >= 0.6 is 23.4 Å². The van der Waals surface area contributed by atoms with Gasteiger partial charge in [-0.1, -0.05) is 59.8 Å². The van der Waals surface area contributed by atoms with Gasteiger partial charge in [-0.2, -0.15) is 5.10 Å². The van der Waals surface area contributed by atoms with Crippen molar-refractivity contribution in [2.75, 3.05) is 11.1 Å². The molecule has 0 saturated heterocycles. The minimum atomic E-state index is -0.132. The summed E-state index contributed by atoms with van der Waals surface area (Å²) in [5.74, 6) is 0.565. The zero-order valence-electron chi connectivity index (χ0n) is 15.3. The molecular formula is C22H17ClN4OS. The standard InChI is InChI=1S/C22H17ClN4OS/c23-17-7-4-8-19(13-17)25-22-27-26-20(14-29-22)15-9-11-18(12-10-15)24-21(28)16-5-2-1-3-6-16/h1-13H,14H2,(H,24,28)(H,25,27). The second kappa shape index (κ2) is 8.94. The van der Waals surface area contributed by atoms with Crippen LogP contribution in [0.3, 0.4) is 0 Å². The van der Waals surface area contributed by atoms with Crippen molar-refractivity contribution in [1.29, 1.82) is 0 Å². The Balaban J connectivity index is 1.41. The summed E-state index contributed by atoms with van der Waals surface area (Å²) in [7, 11) is 0.